The number of nitrogens with one attached hydrogen (secondary N) is 1. The molecular formula is C14H17NO4. The van der Waals surface area contributed by atoms with Crippen LogP contribution in [0.3, 0.4) is 0 Å². The molecule has 5 nitrogen and oxygen atoms in total. The van der Waals surface area contributed by atoms with Gasteiger partial charge in [0.25, 0.3) is 0 Å². The van der Waals surface area contributed by atoms with E-state index in [1.165, 1.54) is 12.1 Å². The fraction of sp³-hybridized carbons (Fsp3) is 0.429. The summed E-state index contributed by atoms with van der Waals surface area (Å²) >= 11 is 0. The number of carboxylic acid groups (broad SMARTS) is 1. The first-order chi connectivity index (χ1) is 9.06. The Bertz CT molecular complexity index is 486. The second kappa shape index (κ2) is 5.84. The van der Waals surface area contributed by atoms with Crippen LogP contribution in [0.4, 0.5) is 0 Å². The fourth-order valence-corrected chi connectivity index (χ4v) is 2.18. The summed E-state index contributed by atoms with van der Waals surface area (Å²) in [4.78, 5) is 22.7. The Morgan fingerprint density at radius 3 is 2.89 bits per heavy atom. The lowest BCUT2D eigenvalue weighted by Crippen LogP contribution is -2.39. The fourth-order valence-electron chi connectivity index (χ4n) is 2.18. The van der Waals surface area contributed by atoms with Crippen LogP contribution in [0.5, 0.6) is 0 Å². The first-order valence-corrected chi connectivity index (χ1v) is 6.29. The average molecular weight is 263 g/mol. The first-order valence-electron chi connectivity index (χ1n) is 6.29. The van der Waals surface area contributed by atoms with E-state index < -0.39 is 5.97 Å². The number of carboxylic acids is 1. The summed E-state index contributed by atoms with van der Waals surface area (Å²) in [6.45, 7) is 2.60. The molecule has 1 aliphatic heterocycles. The van der Waals surface area contributed by atoms with E-state index in [2.05, 4.69) is 5.32 Å². The van der Waals surface area contributed by atoms with Crippen LogP contribution >= 0.6 is 0 Å². The molecule has 0 saturated carbocycles. The van der Waals surface area contributed by atoms with E-state index >= 15 is 0 Å². The predicted octanol–water partition coefficient (Wildman–Crippen LogP) is 1.22. The Balaban J connectivity index is 1.95. The van der Waals surface area contributed by atoms with Crippen molar-refractivity contribution in [2.24, 2.45) is 0 Å². The number of benzene rings is 1. The first kappa shape index (κ1) is 13.5. The molecule has 2 atom stereocenters. The molecule has 1 amide bonds. The van der Waals surface area contributed by atoms with Crippen LogP contribution in [-0.4, -0.2) is 35.7 Å². The highest BCUT2D eigenvalue weighted by atomic mass is 16.5. The van der Waals surface area contributed by atoms with Gasteiger partial charge >= 0.3 is 5.97 Å². The highest BCUT2D eigenvalue weighted by Gasteiger charge is 2.25. The summed E-state index contributed by atoms with van der Waals surface area (Å²) in [5.74, 6) is -1.09. The van der Waals surface area contributed by atoms with E-state index in [4.69, 9.17) is 9.84 Å². The van der Waals surface area contributed by atoms with E-state index in [0.29, 0.717) is 12.2 Å². The lowest BCUT2D eigenvalue weighted by atomic mass is 10.1. The summed E-state index contributed by atoms with van der Waals surface area (Å²) in [7, 11) is 0. The van der Waals surface area contributed by atoms with Crippen molar-refractivity contribution >= 4 is 11.9 Å². The Morgan fingerprint density at radius 1 is 1.47 bits per heavy atom. The molecule has 1 heterocycles. The molecule has 19 heavy (non-hydrogen) atoms. The standard InChI is InChI=1S/C14H17NO4/c1-9-12(5-6-19-9)15-13(16)8-10-3-2-4-11(7-10)14(17)18/h2-4,7,9,12H,5-6,8H2,1H3,(H,15,16)(H,17,18). The molecular weight excluding hydrogens is 246 g/mol. The van der Waals surface area contributed by atoms with Crippen LogP contribution in [0, 0.1) is 0 Å². The maximum absolute atomic E-state index is 11.9. The van der Waals surface area contributed by atoms with Crippen molar-refractivity contribution in [2.75, 3.05) is 6.61 Å². The summed E-state index contributed by atoms with van der Waals surface area (Å²) in [6, 6.07) is 6.48. The molecule has 2 N–H and O–H groups in total. The van der Waals surface area contributed by atoms with Gasteiger partial charge < -0.3 is 15.2 Å². The van der Waals surface area contributed by atoms with Gasteiger partial charge in [-0.15, -0.1) is 0 Å². The molecule has 5 heteroatoms. The molecule has 0 bridgehead atoms. The minimum Gasteiger partial charge on any atom is -0.478 e. The maximum atomic E-state index is 11.9. The van der Waals surface area contributed by atoms with Crippen LogP contribution in [0.25, 0.3) is 0 Å². The number of carbonyl (C=O) groups is 2. The number of ether oxygens (including phenoxy) is 1. The van der Waals surface area contributed by atoms with Gasteiger partial charge in [-0.05, 0) is 31.0 Å². The van der Waals surface area contributed by atoms with Gasteiger partial charge in [0, 0.05) is 6.61 Å². The Morgan fingerprint density at radius 2 is 2.26 bits per heavy atom. The topological polar surface area (TPSA) is 75.6 Å². The van der Waals surface area contributed by atoms with E-state index in [9.17, 15) is 9.59 Å². The van der Waals surface area contributed by atoms with Gasteiger partial charge in [0.1, 0.15) is 0 Å². The van der Waals surface area contributed by atoms with Crippen molar-refractivity contribution in [1.82, 2.24) is 5.32 Å². The molecule has 1 aromatic rings. The van der Waals surface area contributed by atoms with Gasteiger partial charge in [-0.2, -0.15) is 0 Å². The van der Waals surface area contributed by atoms with Crippen molar-refractivity contribution in [1.29, 1.82) is 0 Å². The van der Waals surface area contributed by atoms with Crippen molar-refractivity contribution in [3.8, 4) is 0 Å². The van der Waals surface area contributed by atoms with E-state index in [1.807, 2.05) is 6.92 Å². The van der Waals surface area contributed by atoms with Crippen molar-refractivity contribution in [2.45, 2.75) is 31.9 Å². The zero-order chi connectivity index (χ0) is 13.8. The number of hydrogen-bond acceptors (Lipinski definition) is 3. The maximum Gasteiger partial charge on any atom is 0.335 e. The molecule has 2 unspecified atom stereocenters. The van der Waals surface area contributed by atoms with E-state index in [0.717, 1.165) is 6.42 Å². The summed E-state index contributed by atoms with van der Waals surface area (Å²) < 4.78 is 5.37. The van der Waals surface area contributed by atoms with Gasteiger partial charge in [0.15, 0.2) is 0 Å². The van der Waals surface area contributed by atoms with Crippen LogP contribution in [0.1, 0.15) is 29.3 Å². The zero-order valence-corrected chi connectivity index (χ0v) is 10.8. The predicted molar refractivity (Wildman–Crippen MR) is 69.1 cm³/mol. The number of hydrogen-bond donors (Lipinski definition) is 2. The van der Waals surface area contributed by atoms with Crippen molar-refractivity contribution < 1.29 is 19.4 Å². The number of amides is 1. The normalized spacial score (nSPS) is 22.2. The summed E-state index contributed by atoms with van der Waals surface area (Å²) in [5, 5.41) is 11.8. The number of rotatable bonds is 4. The van der Waals surface area contributed by atoms with E-state index in [1.54, 1.807) is 12.1 Å². The number of carbonyl (C=O) groups excluding carboxylic acids is 1. The minimum absolute atomic E-state index is 0.0364. The highest BCUT2D eigenvalue weighted by Crippen LogP contribution is 2.13. The molecule has 0 aromatic heterocycles. The molecule has 1 fully saturated rings. The van der Waals surface area contributed by atoms with Gasteiger partial charge in [-0.25, -0.2) is 4.79 Å². The lowest BCUT2D eigenvalue weighted by Gasteiger charge is -2.16. The van der Waals surface area contributed by atoms with Crippen LogP contribution in [0.2, 0.25) is 0 Å². The zero-order valence-electron chi connectivity index (χ0n) is 10.8. The molecule has 0 spiro atoms. The quantitative estimate of drug-likeness (QED) is 0.856. The molecule has 2 rings (SSSR count). The van der Waals surface area contributed by atoms with Gasteiger partial charge in [-0.1, -0.05) is 12.1 Å². The molecule has 102 valence electrons. The molecule has 1 aliphatic rings. The SMILES string of the molecule is CC1OCCC1NC(=O)Cc1cccc(C(=O)O)c1. The Hall–Kier alpha value is -1.88. The lowest BCUT2D eigenvalue weighted by molar-refractivity contribution is -0.121. The Labute approximate surface area is 111 Å². The van der Waals surface area contributed by atoms with Crippen LogP contribution in [0.15, 0.2) is 24.3 Å². The molecule has 0 radical (unpaired) electrons. The smallest absolute Gasteiger partial charge is 0.335 e. The van der Waals surface area contributed by atoms with Gasteiger partial charge in [0.2, 0.25) is 5.91 Å². The van der Waals surface area contributed by atoms with Crippen molar-refractivity contribution in [3.05, 3.63) is 35.4 Å². The average Bonchev–Trinajstić information content (AvgIpc) is 2.75. The molecule has 0 aliphatic carbocycles. The second-order valence-electron chi connectivity index (χ2n) is 4.72. The summed E-state index contributed by atoms with van der Waals surface area (Å²) in [5.41, 5.74) is 0.895. The highest BCUT2D eigenvalue weighted by molar-refractivity contribution is 5.88. The Kier molecular flexibility index (Phi) is 4.16. The third kappa shape index (κ3) is 3.54. The molecule has 1 aromatic carbocycles. The third-order valence-electron chi connectivity index (χ3n) is 3.26. The van der Waals surface area contributed by atoms with Crippen LogP contribution in [-0.2, 0) is 16.0 Å². The minimum atomic E-state index is -0.986. The second-order valence-corrected chi connectivity index (χ2v) is 4.72. The third-order valence-corrected chi connectivity index (χ3v) is 3.26. The van der Waals surface area contributed by atoms with Gasteiger partial charge in [-0.3, -0.25) is 4.79 Å². The number of aromatic carboxylic acids is 1. The largest absolute Gasteiger partial charge is 0.478 e. The van der Waals surface area contributed by atoms with Crippen molar-refractivity contribution in [3.63, 3.8) is 0 Å². The monoisotopic (exact) mass is 263 g/mol. The van der Waals surface area contributed by atoms with Crippen LogP contribution < -0.4 is 5.32 Å². The summed E-state index contributed by atoms with van der Waals surface area (Å²) in [6.07, 6.45) is 1.04. The van der Waals surface area contributed by atoms with Gasteiger partial charge in [0.05, 0.1) is 24.1 Å². The van der Waals surface area contributed by atoms with E-state index in [-0.39, 0.29) is 30.0 Å². The molecule has 1 saturated heterocycles.